The van der Waals surface area contributed by atoms with E-state index in [1.54, 1.807) is 11.3 Å². The molecule has 0 fully saturated rings. The van der Waals surface area contributed by atoms with Gasteiger partial charge in [0.25, 0.3) is 0 Å². The zero-order valence-corrected chi connectivity index (χ0v) is 12.7. The first-order chi connectivity index (χ1) is 9.29. The second kappa shape index (κ2) is 5.27. The lowest BCUT2D eigenvalue weighted by Gasteiger charge is -2.08. The predicted octanol–water partition coefficient (Wildman–Crippen LogP) is 4.52. The third kappa shape index (κ3) is 2.35. The minimum Gasteiger partial charge on any atom is -0.476 e. The highest BCUT2D eigenvalue weighted by atomic mass is 79.9. The molecule has 0 spiro atoms. The molecule has 0 aliphatic carbocycles. The maximum Gasteiger partial charge on any atom is 0.241 e. The minimum absolute atomic E-state index is 0.586. The van der Waals surface area contributed by atoms with Gasteiger partial charge in [-0.15, -0.1) is 21.5 Å². The second-order valence-corrected chi connectivity index (χ2v) is 6.40. The van der Waals surface area contributed by atoms with E-state index in [0.29, 0.717) is 12.5 Å². The van der Waals surface area contributed by atoms with E-state index in [9.17, 15) is 0 Å². The molecular formula is C14H11BrN2OS. The number of rotatable bonds is 3. The van der Waals surface area contributed by atoms with E-state index in [4.69, 9.17) is 4.74 Å². The number of halogens is 1. The van der Waals surface area contributed by atoms with Crippen molar-refractivity contribution in [3.63, 3.8) is 0 Å². The highest BCUT2D eigenvalue weighted by Gasteiger charge is 2.12. The van der Waals surface area contributed by atoms with Gasteiger partial charge in [-0.2, -0.15) is 0 Å². The highest BCUT2D eigenvalue weighted by Crippen LogP contribution is 2.35. The lowest BCUT2D eigenvalue weighted by atomic mass is 10.1. The smallest absolute Gasteiger partial charge is 0.241 e. The summed E-state index contributed by atoms with van der Waals surface area (Å²) in [6.07, 6.45) is 0. The van der Waals surface area contributed by atoms with Crippen LogP contribution in [0.25, 0.3) is 21.3 Å². The molecule has 96 valence electrons. The van der Waals surface area contributed by atoms with Gasteiger partial charge in [0.15, 0.2) is 0 Å². The molecule has 0 aliphatic heterocycles. The number of hydrogen-bond acceptors (Lipinski definition) is 4. The number of hydrogen-bond donors (Lipinski definition) is 0. The van der Waals surface area contributed by atoms with Crippen LogP contribution in [0, 0.1) is 0 Å². The van der Waals surface area contributed by atoms with Gasteiger partial charge in [0, 0.05) is 10.8 Å². The van der Waals surface area contributed by atoms with Crippen molar-refractivity contribution in [2.24, 2.45) is 0 Å². The van der Waals surface area contributed by atoms with Crippen LogP contribution in [0.3, 0.4) is 0 Å². The van der Waals surface area contributed by atoms with Crippen LogP contribution < -0.4 is 4.74 Å². The topological polar surface area (TPSA) is 35.0 Å². The minimum atomic E-state index is 0.586. The molecule has 19 heavy (non-hydrogen) atoms. The van der Waals surface area contributed by atoms with E-state index in [1.807, 2.05) is 37.3 Å². The fraction of sp³-hybridized carbons (Fsp3) is 0.143. The monoisotopic (exact) mass is 334 g/mol. The van der Waals surface area contributed by atoms with Gasteiger partial charge in [-0.3, -0.25) is 0 Å². The number of ether oxygens (including phenoxy) is 1. The third-order valence-electron chi connectivity index (χ3n) is 2.74. The van der Waals surface area contributed by atoms with E-state index in [0.717, 1.165) is 25.1 Å². The number of benzene rings is 1. The summed E-state index contributed by atoms with van der Waals surface area (Å²) in [7, 11) is 0. The summed E-state index contributed by atoms with van der Waals surface area (Å²) in [6, 6.07) is 12.1. The Morgan fingerprint density at radius 2 is 1.89 bits per heavy atom. The quantitative estimate of drug-likeness (QED) is 0.706. The van der Waals surface area contributed by atoms with Gasteiger partial charge in [-0.25, -0.2) is 0 Å². The standard InChI is InChI=1S/C14H11BrN2OS/c1-2-18-14-10-6-4-3-5-9(10)13(16-17-14)11-7-8-12(15)19-11/h3-8H,2H2,1H3. The first-order valence-electron chi connectivity index (χ1n) is 5.93. The molecule has 0 N–H and O–H groups in total. The molecule has 0 saturated carbocycles. The van der Waals surface area contributed by atoms with Crippen molar-refractivity contribution < 1.29 is 4.74 Å². The summed E-state index contributed by atoms with van der Waals surface area (Å²) >= 11 is 5.13. The Balaban J connectivity index is 2.24. The fourth-order valence-corrected chi connectivity index (χ4v) is 3.33. The molecule has 3 nitrogen and oxygen atoms in total. The van der Waals surface area contributed by atoms with Crippen LogP contribution in [0.4, 0.5) is 0 Å². The Morgan fingerprint density at radius 3 is 2.58 bits per heavy atom. The largest absolute Gasteiger partial charge is 0.476 e. The Bertz CT molecular complexity index is 726. The van der Waals surface area contributed by atoms with Crippen LogP contribution in [0.1, 0.15) is 6.92 Å². The summed E-state index contributed by atoms with van der Waals surface area (Å²) in [5.74, 6) is 0.595. The number of aromatic nitrogens is 2. The van der Waals surface area contributed by atoms with Gasteiger partial charge in [0.1, 0.15) is 5.69 Å². The molecule has 3 rings (SSSR count). The molecule has 2 aromatic heterocycles. The van der Waals surface area contributed by atoms with Gasteiger partial charge >= 0.3 is 0 Å². The van der Waals surface area contributed by atoms with Crippen molar-refractivity contribution in [2.45, 2.75) is 6.92 Å². The fourth-order valence-electron chi connectivity index (χ4n) is 1.95. The Labute approximate surface area is 123 Å². The van der Waals surface area contributed by atoms with E-state index in [2.05, 4.69) is 32.2 Å². The molecule has 0 atom stereocenters. The highest BCUT2D eigenvalue weighted by molar-refractivity contribution is 9.11. The second-order valence-electron chi connectivity index (χ2n) is 3.94. The van der Waals surface area contributed by atoms with Crippen molar-refractivity contribution in [3.05, 3.63) is 40.2 Å². The molecule has 0 amide bonds. The lowest BCUT2D eigenvalue weighted by Crippen LogP contribution is -1.98. The SMILES string of the molecule is CCOc1nnc(-c2ccc(Br)s2)c2ccccc12. The zero-order valence-electron chi connectivity index (χ0n) is 10.3. The molecule has 3 aromatic rings. The van der Waals surface area contributed by atoms with Crippen LogP contribution in [0.2, 0.25) is 0 Å². The van der Waals surface area contributed by atoms with Gasteiger partial charge in [-0.05, 0) is 41.1 Å². The number of nitrogens with zero attached hydrogens (tertiary/aromatic N) is 2. The van der Waals surface area contributed by atoms with Crippen LogP contribution in [-0.4, -0.2) is 16.8 Å². The average Bonchev–Trinajstić information content (AvgIpc) is 2.86. The van der Waals surface area contributed by atoms with Gasteiger partial charge in [-0.1, -0.05) is 18.2 Å². The predicted molar refractivity (Wildman–Crippen MR) is 81.7 cm³/mol. The van der Waals surface area contributed by atoms with E-state index in [-0.39, 0.29) is 0 Å². The molecule has 1 aromatic carbocycles. The van der Waals surface area contributed by atoms with Crippen molar-refractivity contribution in [1.82, 2.24) is 10.2 Å². The summed E-state index contributed by atoms with van der Waals surface area (Å²) in [4.78, 5) is 1.10. The maximum atomic E-state index is 5.54. The Hall–Kier alpha value is -1.46. The van der Waals surface area contributed by atoms with Gasteiger partial charge in [0.05, 0.1) is 15.3 Å². The van der Waals surface area contributed by atoms with E-state index < -0.39 is 0 Å². The first kappa shape index (κ1) is 12.6. The van der Waals surface area contributed by atoms with Crippen molar-refractivity contribution in [1.29, 1.82) is 0 Å². The number of fused-ring (bicyclic) bond motifs is 1. The van der Waals surface area contributed by atoms with Gasteiger partial charge < -0.3 is 4.74 Å². The molecular weight excluding hydrogens is 324 g/mol. The number of thiophene rings is 1. The molecule has 0 saturated heterocycles. The van der Waals surface area contributed by atoms with E-state index in [1.165, 1.54) is 0 Å². The summed E-state index contributed by atoms with van der Waals surface area (Å²) in [5, 5.41) is 10.6. The van der Waals surface area contributed by atoms with Crippen molar-refractivity contribution >= 4 is 38.0 Å². The molecule has 0 bridgehead atoms. The van der Waals surface area contributed by atoms with Crippen LogP contribution in [-0.2, 0) is 0 Å². The Morgan fingerprint density at radius 1 is 1.11 bits per heavy atom. The lowest BCUT2D eigenvalue weighted by molar-refractivity contribution is 0.327. The van der Waals surface area contributed by atoms with Gasteiger partial charge in [0.2, 0.25) is 5.88 Å². The summed E-state index contributed by atoms with van der Waals surface area (Å²) in [6.45, 7) is 2.53. The molecule has 0 aliphatic rings. The summed E-state index contributed by atoms with van der Waals surface area (Å²) in [5.41, 5.74) is 0.898. The average molecular weight is 335 g/mol. The van der Waals surface area contributed by atoms with Crippen LogP contribution in [0.5, 0.6) is 5.88 Å². The van der Waals surface area contributed by atoms with Crippen molar-refractivity contribution in [2.75, 3.05) is 6.61 Å². The van der Waals surface area contributed by atoms with Crippen molar-refractivity contribution in [3.8, 4) is 16.5 Å². The van der Waals surface area contributed by atoms with Crippen LogP contribution >= 0.6 is 27.3 Å². The normalized spacial score (nSPS) is 10.8. The summed E-state index contributed by atoms with van der Waals surface area (Å²) < 4.78 is 6.62. The van der Waals surface area contributed by atoms with Crippen LogP contribution in [0.15, 0.2) is 40.2 Å². The maximum absolute atomic E-state index is 5.54. The molecule has 0 radical (unpaired) electrons. The molecule has 0 unspecified atom stereocenters. The van der Waals surface area contributed by atoms with E-state index >= 15 is 0 Å². The third-order valence-corrected chi connectivity index (χ3v) is 4.37. The molecule has 2 heterocycles. The zero-order chi connectivity index (χ0) is 13.2. The Kier molecular flexibility index (Phi) is 3.48. The molecule has 5 heteroatoms. The first-order valence-corrected chi connectivity index (χ1v) is 7.54.